The minimum absolute atomic E-state index is 0.196. The zero-order chi connectivity index (χ0) is 19.7. The van der Waals surface area contributed by atoms with Gasteiger partial charge in [0.2, 0.25) is 4.96 Å². The molecule has 0 saturated heterocycles. The van der Waals surface area contributed by atoms with E-state index in [1.807, 2.05) is 0 Å². The van der Waals surface area contributed by atoms with Crippen molar-refractivity contribution in [2.75, 3.05) is 6.61 Å². The van der Waals surface area contributed by atoms with E-state index in [9.17, 15) is 14.0 Å². The molecule has 0 aliphatic rings. The Morgan fingerprint density at radius 2 is 1.89 bits per heavy atom. The van der Waals surface area contributed by atoms with Gasteiger partial charge in [0.25, 0.3) is 11.5 Å². The van der Waals surface area contributed by atoms with E-state index < -0.39 is 5.91 Å². The van der Waals surface area contributed by atoms with Crippen LogP contribution in [0.2, 0.25) is 0 Å². The highest BCUT2D eigenvalue weighted by Gasteiger charge is 2.12. The minimum Gasteiger partial charge on any atom is -0.484 e. The van der Waals surface area contributed by atoms with Crippen molar-refractivity contribution in [3.8, 4) is 17.1 Å². The van der Waals surface area contributed by atoms with Gasteiger partial charge in [0.15, 0.2) is 12.4 Å². The maximum Gasteiger partial charge on any atom is 0.291 e. The third-order valence-corrected chi connectivity index (χ3v) is 4.80. The van der Waals surface area contributed by atoms with E-state index in [-0.39, 0.29) is 18.0 Å². The lowest BCUT2D eigenvalue weighted by atomic mass is 10.2. The van der Waals surface area contributed by atoms with Gasteiger partial charge in [-0.1, -0.05) is 23.5 Å². The summed E-state index contributed by atoms with van der Waals surface area (Å²) < 4.78 is 20.0. The second-order valence-corrected chi connectivity index (χ2v) is 6.89. The van der Waals surface area contributed by atoms with Crippen molar-refractivity contribution in [1.82, 2.24) is 14.6 Å². The second-order valence-electron chi connectivity index (χ2n) is 5.88. The first kappa shape index (κ1) is 17.8. The first-order chi connectivity index (χ1) is 13.5. The van der Waals surface area contributed by atoms with E-state index in [0.717, 1.165) is 5.56 Å². The Balaban J connectivity index is 1.63. The van der Waals surface area contributed by atoms with Crippen LogP contribution < -0.4 is 20.6 Å². The monoisotopic (exact) mass is 396 g/mol. The van der Waals surface area contributed by atoms with Gasteiger partial charge in [-0.2, -0.15) is 9.50 Å². The number of carbonyl (C=O) groups is 1. The molecule has 2 aromatic carbocycles. The van der Waals surface area contributed by atoms with E-state index in [1.165, 1.54) is 28.0 Å². The number of hydrogen-bond donors (Lipinski definition) is 1. The molecule has 0 saturated carbocycles. The van der Waals surface area contributed by atoms with E-state index >= 15 is 0 Å². The van der Waals surface area contributed by atoms with Crippen LogP contribution in [0.25, 0.3) is 22.4 Å². The number of amides is 1. The number of benzene rings is 2. The normalized spacial score (nSPS) is 11.8. The fourth-order valence-electron chi connectivity index (χ4n) is 2.52. The average Bonchev–Trinajstić information content (AvgIpc) is 3.22. The molecule has 4 aromatic rings. The maximum atomic E-state index is 13.0. The van der Waals surface area contributed by atoms with Crippen molar-refractivity contribution >= 4 is 28.3 Å². The maximum absolute atomic E-state index is 13.0. The number of nitrogens with zero attached hydrogens (tertiary/aromatic N) is 3. The number of primary amides is 1. The van der Waals surface area contributed by atoms with Crippen LogP contribution >= 0.6 is 11.3 Å². The standard InChI is InChI=1S/C19H13FN4O3S/c20-13-5-3-12(4-6-13)17-22-19-24(23-17)18(26)15(28-19)9-11-1-7-14(8-2-11)27-10-16(21)25/h1-9H,10H2,(H2,21,25)/b15-9-. The van der Waals surface area contributed by atoms with Crippen molar-refractivity contribution in [3.63, 3.8) is 0 Å². The van der Waals surface area contributed by atoms with Crippen molar-refractivity contribution in [2.45, 2.75) is 0 Å². The molecule has 0 radical (unpaired) electrons. The van der Waals surface area contributed by atoms with Crippen LogP contribution in [0.3, 0.4) is 0 Å². The summed E-state index contributed by atoms with van der Waals surface area (Å²) in [4.78, 5) is 28.1. The molecule has 0 aliphatic heterocycles. The predicted octanol–water partition coefficient (Wildman–Crippen LogP) is 1.37. The molecule has 28 heavy (non-hydrogen) atoms. The highest BCUT2D eigenvalue weighted by Crippen LogP contribution is 2.17. The van der Waals surface area contributed by atoms with Gasteiger partial charge in [-0.25, -0.2) is 4.39 Å². The quantitative estimate of drug-likeness (QED) is 0.549. The topological polar surface area (TPSA) is 99.6 Å². The summed E-state index contributed by atoms with van der Waals surface area (Å²) in [5.41, 5.74) is 6.17. The number of halogens is 1. The molecule has 9 heteroatoms. The number of thiazole rings is 1. The summed E-state index contributed by atoms with van der Waals surface area (Å²) >= 11 is 1.21. The molecule has 2 heterocycles. The highest BCUT2D eigenvalue weighted by atomic mass is 32.1. The number of hydrogen-bond acceptors (Lipinski definition) is 6. The molecule has 0 atom stereocenters. The Labute approximate surface area is 161 Å². The molecule has 0 aliphatic carbocycles. The fourth-order valence-corrected chi connectivity index (χ4v) is 3.43. The molecule has 140 valence electrons. The van der Waals surface area contributed by atoms with E-state index in [1.54, 1.807) is 42.5 Å². The van der Waals surface area contributed by atoms with Gasteiger partial charge in [0.1, 0.15) is 11.6 Å². The number of rotatable bonds is 5. The van der Waals surface area contributed by atoms with E-state index in [0.29, 0.717) is 26.6 Å². The smallest absolute Gasteiger partial charge is 0.291 e. The molecule has 1 amide bonds. The minimum atomic E-state index is -0.555. The van der Waals surface area contributed by atoms with Crippen molar-refractivity contribution in [1.29, 1.82) is 0 Å². The van der Waals surface area contributed by atoms with Crippen LogP contribution in [0.4, 0.5) is 4.39 Å². The summed E-state index contributed by atoms with van der Waals surface area (Å²) in [6.45, 7) is -0.196. The summed E-state index contributed by atoms with van der Waals surface area (Å²) in [5, 5.41) is 4.23. The number of aromatic nitrogens is 3. The van der Waals surface area contributed by atoms with Gasteiger partial charge < -0.3 is 10.5 Å². The summed E-state index contributed by atoms with van der Waals surface area (Å²) in [6, 6.07) is 12.6. The van der Waals surface area contributed by atoms with Gasteiger partial charge in [-0.3, -0.25) is 9.59 Å². The first-order valence-electron chi connectivity index (χ1n) is 8.18. The van der Waals surface area contributed by atoms with Crippen LogP contribution in [0.15, 0.2) is 53.3 Å². The zero-order valence-corrected chi connectivity index (χ0v) is 15.1. The summed E-state index contributed by atoms with van der Waals surface area (Å²) in [6.07, 6.45) is 1.72. The predicted molar refractivity (Wildman–Crippen MR) is 102 cm³/mol. The molecule has 0 bridgehead atoms. The van der Waals surface area contributed by atoms with Gasteiger partial charge in [-0.05, 0) is 48.0 Å². The SMILES string of the molecule is NC(=O)COc1ccc(/C=c2\sc3nc(-c4ccc(F)cc4)nn3c2=O)cc1. The zero-order valence-electron chi connectivity index (χ0n) is 14.3. The van der Waals surface area contributed by atoms with Crippen LogP contribution in [0.1, 0.15) is 5.56 Å². The lowest BCUT2D eigenvalue weighted by Gasteiger charge is -2.03. The average molecular weight is 396 g/mol. The molecule has 4 rings (SSSR count). The van der Waals surface area contributed by atoms with Crippen LogP contribution in [-0.4, -0.2) is 27.1 Å². The molecule has 2 aromatic heterocycles. The number of carbonyl (C=O) groups excluding carboxylic acids is 1. The van der Waals surface area contributed by atoms with E-state index in [4.69, 9.17) is 10.5 Å². The van der Waals surface area contributed by atoms with Gasteiger partial charge in [0, 0.05) is 5.56 Å². The Kier molecular flexibility index (Phi) is 4.58. The molecule has 2 N–H and O–H groups in total. The van der Waals surface area contributed by atoms with Crippen LogP contribution in [-0.2, 0) is 4.79 Å². The van der Waals surface area contributed by atoms with Crippen molar-refractivity contribution in [2.24, 2.45) is 5.73 Å². The van der Waals surface area contributed by atoms with E-state index in [2.05, 4.69) is 10.1 Å². The molecular formula is C19H13FN4O3S. The molecular weight excluding hydrogens is 383 g/mol. The van der Waals surface area contributed by atoms with Gasteiger partial charge in [0.05, 0.1) is 4.53 Å². The highest BCUT2D eigenvalue weighted by molar-refractivity contribution is 7.15. The third-order valence-electron chi connectivity index (χ3n) is 3.84. The summed E-state index contributed by atoms with van der Waals surface area (Å²) in [5.74, 6) is -0.0333. The first-order valence-corrected chi connectivity index (χ1v) is 9.00. The largest absolute Gasteiger partial charge is 0.484 e. The summed E-state index contributed by atoms with van der Waals surface area (Å²) in [7, 11) is 0. The lowest BCUT2D eigenvalue weighted by Crippen LogP contribution is -2.23. The number of fused-ring (bicyclic) bond motifs is 1. The van der Waals surface area contributed by atoms with Crippen LogP contribution in [0.5, 0.6) is 5.75 Å². The molecule has 7 nitrogen and oxygen atoms in total. The third kappa shape index (κ3) is 3.60. The number of ether oxygens (including phenoxy) is 1. The number of nitrogens with two attached hydrogens (primary N) is 1. The second kappa shape index (κ2) is 7.20. The fraction of sp³-hybridized carbons (Fsp3) is 0.0526. The Hall–Kier alpha value is -3.59. The van der Waals surface area contributed by atoms with Crippen LogP contribution in [0, 0.1) is 5.82 Å². The van der Waals surface area contributed by atoms with Gasteiger partial charge >= 0.3 is 0 Å². The Morgan fingerprint density at radius 1 is 1.18 bits per heavy atom. The van der Waals surface area contributed by atoms with Gasteiger partial charge in [-0.15, -0.1) is 5.10 Å². The molecule has 0 spiro atoms. The molecule has 0 unspecified atom stereocenters. The van der Waals surface area contributed by atoms with Crippen molar-refractivity contribution < 1.29 is 13.9 Å². The lowest BCUT2D eigenvalue weighted by molar-refractivity contribution is -0.119. The Morgan fingerprint density at radius 3 is 2.54 bits per heavy atom. The van der Waals surface area contributed by atoms with Crippen molar-refractivity contribution in [3.05, 3.63) is 74.8 Å². The molecule has 0 fully saturated rings. The Bertz CT molecular complexity index is 1260.